The zero-order valence-electron chi connectivity index (χ0n) is 18.5. The lowest BCUT2D eigenvalue weighted by atomic mass is 9.86. The van der Waals surface area contributed by atoms with Crippen LogP contribution >= 0.6 is 0 Å². The van der Waals surface area contributed by atoms with E-state index in [-0.39, 0.29) is 16.6 Å². The molecular formula is C26H28N2O4S. The standard InChI is InChI=1S/C26H28N2O4S/c29-25(28-15-12-26(30,13-16-28)17-19-6-7-19)22-10-8-20(9-11-22)18-33(31,32)23-5-1-3-21-4-2-14-27-24(21)23/h1-5,8-11,14,19,30H,6-7,12-13,15-18H2. The van der Waals surface area contributed by atoms with Gasteiger partial charge in [0, 0.05) is 30.2 Å². The number of benzene rings is 2. The van der Waals surface area contributed by atoms with Gasteiger partial charge < -0.3 is 10.0 Å². The maximum atomic E-state index is 13.1. The van der Waals surface area contributed by atoms with Crippen LogP contribution in [0.5, 0.6) is 0 Å². The fourth-order valence-corrected chi connectivity index (χ4v) is 6.28. The number of sulfone groups is 1. The lowest BCUT2D eigenvalue weighted by Crippen LogP contribution is -2.46. The summed E-state index contributed by atoms with van der Waals surface area (Å²) < 4.78 is 26.2. The highest BCUT2D eigenvalue weighted by molar-refractivity contribution is 7.90. The molecular weight excluding hydrogens is 436 g/mol. The highest BCUT2D eigenvalue weighted by Gasteiger charge is 2.38. The zero-order valence-corrected chi connectivity index (χ0v) is 19.3. The Hall–Kier alpha value is -2.77. The van der Waals surface area contributed by atoms with Crippen molar-refractivity contribution in [2.45, 2.75) is 48.4 Å². The average Bonchev–Trinajstić information content (AvgIpc) is 3.62. The molecule has 3 aromatic rings. The van der Waals surface area contributed by atoms with Crippen LogP contribution in [-0.4, -0.2) is 48.0 Å². The van der Waals surface area contributed by atoms with Crippen LogP contribution in [0.2, 0.25) is 0 Å². The van der Waals surface area contributed by atoms with Gasteiger partial charge in [0.1, 0.15) is 0 Å². The first-order chi connectivity index (χ1) is 15.8. The van der Waals surface area contributed by atoms with Gasteiger partial charge in [-0.3, -0.25) is 9.78 Å². The molecule has 1 amide bonds. The zero-order chi connectivity index (χ0) is 23.1. The van der Waals surface area contributed by atoms with Crippen molar-refractivity contribution in [1.29, 1.82) is 0 Å². The van der Waals surface area contributed by atoms with E-state index in [9.17, 15) is 18.3 Å². The molecule has 1 N–H and O–H groups in total. The van der Waals surface area contributed by atoms with Crippen molar-refractivity contribution < 1.29 is 18.3 Å². The van der Waals surface area contributed by atoms with Gasteiger partial charge in [-0.1, -0.05) is 43.2 Å². The lowest BCUT2D eigenvalue weighted by Gasteiger charge is -2.38. The van der Waals surface area contributed by atoms with Gasteiger partial charge in [0.05, 0.1) is 21.8 Å². The van der Waals surface area contributed by atoms with Gasteiger partial charge in [-0.2, -0.15) is 0 Å². The van der Waals surface area contributed by atoms with Crippen LogP contribution in [0.1, 0.15) is 48.0 Å². The fraction of sp³-hybridized carbons (Fsp3) is 0.385. The summed E-state index contributed by atoms with van der Waals surface area (Å²) in [4.78, 5) is 19.2. The van der Waals surface area contributed by atoms with E-state index in [0.29, 0.717) is 48.5 Å². The number of hydrogen-bond acceptors (Lipinski definition) is 5. The molecule has 0 spiro atoms. The van der Waals surface area contributed by atoms with Crippen LogP contribution in [0.4, 0.5) is 0 Å². The molecule has 2 aliphatic rings. The summed E-state index contributed by atoms with van der Waals surface area (Å²) >= 11 is 0. The molecule has 0 radical (unpaired) electrons. The van der Waals surface area contributed by atoms with Gasteiger partial charge in [-0.05, 0) is 55.0 Å². The third-order valence-corrected chi connectivity index (χ3v) is 8.55. The Morgan fingerprint density at radius 2 is 1.73 bits per heavy atom. The minimum atomic E-state index is -3.60. The molecule has 0 atom stereocenters. The molecule has 2 fully saturated rings. The number of piperidine rings is 1. The molecule has 1 saturated heterocycles. The summed E-state index contributed by atoms with van der Waals surface area (Å²) in [5.74, 6) is 0.427. The predicted molar refractivity (Wildman–Crippen MR) is 127 cm³/mol. The maximum absolute atomic E-state index is 13.1. The lowest BCUT2D eigenvalue weighted by molar-refractivity contribution is -0.0267. The molecule has 33 heavy (non-hydrogen) atoms. The number of rotatable bonds is 6. The molecule has 0 unspecified atom stereocenters. The number of fused-ring (bicyclic) bond motifs is 1. The average molecular weight is 465 g/mol. The topological polar surface area (TPSA) is 87.6 Å². The summed E-state index contributed by atoms with van der Waals surface area (Å²) in [5, 5.41) is 11.5. The number of amides is 1. The first-order valence-corrected chi connectivity index (χ1v) is 13.2. The van der Waals surface area contributed by atoms with Gasteiger partial charge in [0.25, 0.3) is 5.91 Å². The minimum absolute atomic E-state index is 0.0730. The van der Waals surface area contributed by atoms with Crippen molar-refractivity contribution in [2.24, 2.45) is 5.92 Å². The summed E-state index contributed by atoms with van der Waals surface area (Å²) in [6.07, 6.45) is 6.10. The number of pyridine rings is 1. The summed E-state index contributed by atoms with van der Waals surface area (Å²) in [5.41, 5.74) is 0.998. The second-order valence-electron chi connectivity index (χ2n) is 9.45. The van der Waals surface area contributed by atoms with E-state index in [4.69, 9.17) is 0 Å². The first-order valence-electron chi connectivity index (χ1n) is 11.5. The Morgan fingerprint density at radius 1 is 1.03 bits per heavy atom. The van der Waals surface area contributed by atoms with E-state index in [1.54, 1.807) is 53.6 Å². The number of aliphatic hydroxyl groups is 1. The van der Waals surface area contributed by atoms with Crippen molar-refractivity contribution in [3.63, 3.8) is 0 Å². The third-order valence-electron chi connectivity index (χ3n) is 6.84. The van der Waals surface area contributed by atoms with Crippen LogP contribution in [0.15, 0.2) is 65.7 Å². The van der Waals surface area contributed by atoms with Crippen molar-refractivity contribution in [3.8, 4) is 0 Å². The number of nitrogens with zero attached hydrogens (tertiary/aromatic N) is 2. The van der Waals surface area contributed by atoms with Crippen molar-refractivity contribution in [3.05, 3.63) is 71.9 Å². The predicted octanol–water partition coefficient (Wildman–Crippen LogP) is 3.98. The molecule has 1 saturated carbocycles. The number of carbonyl (C=O) groups excluding carboxylic acids is 1. The van der Waals surface area contributed by atoms with Gasteiger partial charge >= 0.3 is 0 Å². The largest absolute Gasteiger partial charge is 0.390 e. The Morgan fingerprint density at radius 3 is 2.42 bits per heavy atom. The SMILES string of the molecule is O=C(c1ccc(CS(=O)(=O)c2cccc3cccnc23)cc1)N1CCC(O)(CC2CC2)CC1. The quantitative estimate of drug-likeness (QED) is 0.596. The highest BCUT2D eigenvalue weighted by atomic mass is 32.2. The first kappa shape index (κ1) is 22.0. The van der Waals surface area contributed by atoms with Crippen LogP contribution in [-0.2, 0) is 15.6 Å². The molecule has 5 rings (SSSR count). The van der Waals surface area contributed by atoms with Crippen LogP contribution in [0, 0.1) is 5.92 Å². The number of likely N-dealkylation sites (tertiary alicyclic amines) is 1. The molecule has 2 heterocycles. The molecule has 1 aromatic heterocycles. The summed E-state index contributed by atoms with van der Waals surface area (Å²) in [6, 6.07) is 15.6. The van der Waals surface area contributed by atoms with E-state index in [0.717, 1.165) is 11.8 Å². The van der Waals surface area contributed by atoms with E-state index in [2.05, 4.69) is 4.98 Å². The maximum Gasteiger partial charge on any atom is 0.253 e. The van der Waals surface area contributed by atoms with Gasteiger partial charge in [0.15, 0.2) is 9.84 Å². The van der Waals surface area contributed by atoms with Gasteiger partial charge in [-0.25, -0.2) is 8.42 Å². The molecule has 6 nitrogen and oxygen atoms in total. The summed E-state index contributed by atoms with van der Waals surface area (Å²) in [6.45, 7) is 1.10. The second kappa shape index (κ2) is 8.54. The van der Waals surface area contributed by atoms with Crippen LogP contribution in [0.3, 0.4) is 0 Å². The fourth-order valence-electron chi connectivity index (χ4n) is 4.74. The third kappa shape index (κ3) is 4.80. The van der Waals surface area contributed by atoms with E-state index >= 15 is 0 Å². The van der Waals surface area contributed by atoms with Crippen LogP contribution in [0.25, 0.3) is 10.9 Å². The van der Waals surface area contributed by atoms with Crippen LogP contribution < -0.4 is 0 Å². The van der Waals surface area contributed by atoms with Gasteiger partial charge in [-0.15, -0.1) is 0 Å². The summed E-state index contributed by atoms with van der Waals surface area (Å²) in [7, 11) is -3.60. The Kier molecular flexibility index (Phi) is 5.70. The highest BCUT2D eigenvalue weighted by Crippen LogP contribution is 2.40. The molecule has 2 aromatic carbocycles. The number of aromatic nitrogens is 1. The normalized spacial score (nSPS) is 18.4. The molecule has 172 valence electrons. The smallest absolute Gasteiger partial charge is 0.253 e. The number of carbonyl (C=O) groups is 1. The Labute approximate surface area is 194 Å². The number of para-hydroxylation sites is 1. The minimum Gasteiger partial charge on any atom is -0.390 e. The molecule has 7 heteroatoms. The Bertz CT molecular complexity index is 1270. The number of hydrogen-bond donors (Lipinski definition) is 1. The van der Waals surface area contributed by atoms with E-state index < -0.39 is 15.4 Å². The van der Waals surface area contributed by atoms with Crippen molar-refractivity contribution >= 4 is 26.6 Å². The molecule has 1 aliphatic carbocycles. The molecule has 1 aliphatic heterocycles. The van der Waals surface area contributed by atoms with E-state index in [1.807, 2.05) is 12.1 Å². The second-order valence-corrected chi connectivity index (χ2v) is 11.4. The van der Waals surface area contributed by atoms with E-state index in [1.165, 1.54) is 12.8 Å². The Balaban J connectivity index is 1.26. The van der Waals surface area contributed by atoms with Crippen molar-refractivity contribution in [1.82, 2.24) is 9.88 Å². The monoisotopic (exact) mass is 464 g/mol. The van der Waals surface area contributed by atoms with Crippen molar-refractivity contribution in [2.75, 3.05) is 13.1 Å². The van der Waals surface area contributed by atoms with Gasteiger partial charge in [0.2, 0.25) is 0 Å². The molecule has 0 bridgehead atoms.